The van der Waals surface area contributed by atoms with Gasteiger partial charge in [-0.1, -0.05) is 6.07 Å². The highest BCUT2D eigenvalue weighted by atomic mass is 32.1. The summed E-state index contributed by atoms with van der Waals surface area (Å²) in [7, 11) is 0. The number of hydrogen-bond acceptors (Lipinski definition) is 4. The maximum atomic E-state index is 12.9. The summed E-state index contributed by atoms with van der Waals surface area (Å²) < 4.78 is 1.90. The summed E-state index contributed by atoms with van der Waals surface area (Å²) in [6.45, 7) is 1.52. The summed E-state index contributed by atoms with van der Waals surface area (Å²) in [4.78, 5) is 16.0. The van der Waals surface area contributed by atoms with E-state index in [4.69, 9.17) is 0 Å². The monoisotopic (exact) mass is 341 g/mol. The Hall–Kier alpha value is -2.41. The second-order valence-corrected chi connectivity index (χ2v) is 6.97. The van der Waals surface area contributed by atoms with Crippen molar-refractivity contribution in [2.45, 2.75) is 31.8 Å². The predicted molar refractivity (Wildman–Crippen MR) is 92.8 cm³/mol. The molecule has 1 aliphatic rings. The Morgan fingerprint density at radius 1 is 1.38 bits per heavy atom. The van der Waals surface area contributed by atoms with E-state index in [0.717, 1.165) is 42.9 Å². The first-order chi connectivity index (χ1) is 11.8. The second kappa shape index (κ2) is 6.60. The van der Waals surface area contributed by atoms with Crippen LogP contribution in [0.1, 0.15) is 29.8 Å². The average molecular weight is 341 g/mol. The summed E-state index contributed by atoms with van der Waals surface area (Å²) >= 11 is 1.63. The summed E-state index contributed by atoms with van der Waals surface area (Å²) in [5.41, 5.74) is 1.39. The molecule has 0 radical (unpaired) electrons. The lowest BCUT2D eigenvalue weighted by molar-refractivity contribution is 0.0578. The number of carbonyl (C=O) groups is 1. The molecule has 1 amide bonds. The molecule has 0 unspecified atom stereocenters. The molecule has 1 N–H and O–H groups in total. The van der Waals surface area contributed by atoms with Crippen molar-refractivity contribution >= 4 is 17.2 Å². The van der Waals surface area contributed by atoms with Gasteiger partial charge in [0.15, 0.2) is 5.69 Å². The molecule has 7 heteroatoms. The van der Waals surface area contributed by atoms with E-state index in [-0.39, 0.29) is 11.9 Å². The van der Waals surface area contributed by atoms with E-state index in [9.17, 15) is 4.79 Å². The van der Waals surface area contributed by atoms with Crippen LogP contribution in [0.25, 0.3) is 10.6 Å². The Balaban J connectivity index is 1.53. The van der Waals surface area contributed by atoms with Crippen molar-refractivity contribution in [3.05, 3.63) is 47.7 Å². The third kappa shape index (κ3) is 2.99. The quantitative estimate of drug-likeness (QED) is 0.793. The third-order valence-corrected chi connectivity index (χ3v) is 5.33. The van der Waals surface area contributed by atoms with Crippen LogP contribution in [0.5, 0.6) is 0 Å². The number of aromatic amines is 1. The number of aromatic nitrogens is 4. The molecule has 3 aromatic rings. The maximum Gasteiger partial charge on any atom is 0.274 e. The number of H-pyrrole nitrogens is 1. The summed E-state index contributed by atoms with van der Waals surface area (Å²) in [6.07, 6.45) is 6.92. The van der Waals surface area contributed by atoms with E-state index in [0.29, 0.717) is 5.69 Å². The predicted octanol–water partition coefficient (Wildman–Crippen LogP) is 3.03. The third-order valence-electron chi connectivity index (χ3n) is 4.43. The smallest absolute Gasteiger partial charge is 0.274 e. The number of nitrogens with one attached hydrogen (secondary N) is 1. The van der Waals surface area contributed by atoms with Crippen LogP contribution < -0.4 is 0 Å². The van der Waals surface area contributed by atoms with Crippen LogP contribution in [0.2, 0.25) is 0 Å². The van der Waals surface area contributed by atoms with E-state index in [1.165, 1.54) is 0 Å². The molecule has 0 aliphatic carbocycles. The number of hydrogen-bond donors (Lipinski definition) is 1. The van der Waals surface area contributed by atoms with Gasteiger partial charge in [0.05, 0.1) is 23.2 Å². The lowest BCUT2D eigenvalue weighted by atomic mass is 10.0. The van der Waals surface area contributed by atoms with Crippen LogP contribution in [0.4, 0.5) is 0 Å². The lowest BCUT2D eigenvalue weighted by Gasteiger charge is -2.35. The zero-order chi connectivity index (χ0) is 16.4. The summed E-state index contributed by atoms with van der Waals surface area (Å²) in [6, 6.07) is 7.96. The summed E-state index contributed by atoms with van der Waals surface area (Å²) in [5.74, 6) is 0.00547. The molecule has 0 spiro atoms. The Morgan fingerprint density at radius 2 is 2.33 bits per heavy atom. The van der Waals surface area contributed by atoms with E-state index in [1.54, 1.807) is 17.5 Å². The highest BCUT2D eigenvalue weighted by molar-refractivity contribution is 7.13. The van der Waals surface area contributed by atoms with Crippen LogP contribution in [-0.2, 0) is 6.54 Å². The summed E-state index contributed by atoms with van der Waals surface area (Å²) in [5, 5.41) is 13.5. The topological polar surface area (TPSA) is 66.8 Å². The fraction of sp³-hybridized carbons (Fsp3) is 0.353. The largest absolute Gasteiger partial charge is 0.332 e. The van der Waals surface area contributed by atoms with Gasteiger partial charge in [-0.3, -0.25) is 14.6 Å². The van der Waals surface area contributed by atoms with Gasteiger partial charge in [-0.15, -0.1) is 11.3 Å². The van der Waals surface area contributed by atoms with Gasteiger partial charge in [0, 0.05) is 18.9 Å². The van der Waals surface area contributed by atoms with Gasteiger partial charge in [-0.2, -0.15) is 10.2 Å². The van der Waals surface area contributed by atoms with Gasteiger partial charge in [0.1, 0.15) is 0 Å². The van der Waals surface area contributed by atoms with Crippen LogP contribution in [0.15, 0.2) is 42.0 Å². The molecule has 124 valence electrons. The zero-order valence-corrected chi connectivity index (χ0v) is 14.1. The molecular weight excluding hydrogens is 322 g/mol. The number of carbonyl (C=O) groups excluding carboxylic acids is 1. The molecule has 0 saturated carbocycles. The van der Waals surface area contributed by atoms with Gasteiger partial charge in [0.2, 0.25) is 0 Å². The molecule has 0 bridgehead atoms. The Kier molecular flexibility index (Phi) is 4.17. The number of likely N-dealkylation sites (tertiary alicyclic amines) is 1. The highest BCUT2D eigenvalue weighted by Crippen LogP contribution is 2.25. The van der Waals surface area contributed by atoms with Gasteiger partial charge >= 0.3 is 0 Å². The van der Waals surface area contributed by atoms with E-state index < -0.39 is 0 Å². The van der Waals surface area contributed by atoms with E-state index >= 15 is 0 Å². The number of nitrogens with zero attached hydrogens (tertiary/aromatic N) is 4. The molecule has 1 aliphatic heterocycles. The molecule has 1 saturated heterocycles. The van der Waals surface area contributed by atoms with Crippen LogP contribution in [-0.4, -0.2) is 43.4 Å². The van der Waals surface area contributed by atoms with Crippen molar-refractivity contribution in [3.8, 4) is 10.6 Å². The minimum atomic E-state index is 0.00547. The van der Waals surface area contributed by atoms with Gasteiger partial charge in [-0.25, -0.2) is 0 Å². The molecule has 1 atom stereocenters. The Bertz CT molecular complexity index is 793. The molecular formula is C17H19N5OS. The molecule has 3 aromatic heterocycles. The minimum Gasteiger partial charge on any atom is -0.332 e. The van der Waals surface area contributed by atoms with E-state index in [1.807, 2.05) is 45.4 Å². The maximum absolute atomic E-state index is 12.9. The van der Waals surface area contributed by atoms with Crippen molar-refractivity contribution < 1.29 is 4.79 Å². The first-order valence-corrected chi connectivity index (χ1v) is 9.07. The molecule has 6 nitrogen and oxygen atoms in total. The Morgan fingerprint density at radius 3 is 3.12 bits per heavy atom. The molecule has 24 heavy (non-hydrogen) atoms. The minimum absolute atomic E-state index is 0.00547. The zero-order valence-electron chi connectivity index (χ0n) is 13.3. The first kappa shape index (κ1) is 15.1. The van der Waals surface area contributed by atoms with E-state index in [2.05, 4.69) is 15.3 Å². The van der Waals surface area contributed by atoms with Crippen molar-refractivity contribution in [2.75, 3.05) is 6.54 Å². The Labute approximate surface area is 144 Å². The standard InChI is InChI=1S/C17H19N5OS/c23-17(15-11-14(19-20-15)16-6-3-10-24-16)22-9-2-1-5-13(22)12-21-8-4-7-18-21/h3-4,6-8,10-11,13H,1-2,5,9,12H2,(H,19,20)/t13-/m1/s1. The van der Waals surface area contributed by atoms with Gasteiger partial charge in [0.25, 0.3) is 5.91 Å². The SMILES string of the molecule is O=C(c1cc(-c2cccs2)[nH]n1)N1CCCC[C@@H]1Cn1cccn1. The number of piperidine rings is 1. The fourth-order valence-corrected chi connectivity index (χ4v) is 3.91. The van der Waals surface area contributed by atoms with Crippen molar-refractivity contribution in [1.82, 2.24) is 24.9 Å². The van der Waals surface area contributed by atoms with Crippen molar-refractivity contribution in [2.24, 2.45) is 0 Å². The van der Waals surface area contributed by atoms with Gasteiger partial charge in [-0.05, 0) is 42.8 Å². The van der Waals surface area contributed by atoms with Crippen molar-refractivity contribution in [3.63, 3.8) is 0 Å². The van der Waals surface area contributed by atoms with Crippen LogP contribution in [0.3, 0.4) is 0 Å². The fourth-order valence-electron chi connectivity index (χ4n) is 3.22. The second-order valence-electron chi connectivity index (χ2n) is 6.02. The van der Waals surface area contributed by atoms with Crippen LogP contribution in [0, 0.1) is 0 Å². The number of thiophene rings is 1. The molecule has 4 rings (SSSR count). The van der Waals surface area contributed by atoms with Crippen LogP contribution >= 0.6 is 11.3 Å². The molecule has 4 heterocycles. The van der Waals surface area contributed by atoms with Crippen molar-refractivity contribution in [1.29, 1.82) is 0 Å². The number of amides is 1. The number of rotatable bonds is 4. The molecule has 0 aromatic carbocycles. The average Bonchev–Trinajstić information content (AvgIpc) is 3.35. The normalized spacial score (nSPS) is 18.0. The first-order valence-electron chi connectivity index (χ1n) is 8.19. The lowest BCUT2D eigenvalue weighted by Crippen LogP contribution is -2.46. The molecule has 1 fully saturated rings. The van der Waals surface area contributed by atoms with Gasteiger partial charge < -0.3 is 4.90 Å². The highest BCUT2D eigenvalue weighted by Gasteiger charge is 2.29.